The summed E-state index contributed by atoms with van der Waals surface area (Å²) in [5, 5.41) is 0. The summed E-state index contributed by atoms with van der Waals surface area (Å²) in [4.78, 5) is 4.90. The quantitative estimate of drug-likeness (QED) is 0.461. The van der Waals surface area contributed by atoms with Gasteiger partial charge in [0.1, 0.15) is 0 Å². The standard InChI is InChI=1S/C21H24Br2N2O2/c22-16-4-6-18-20(14-16)27-21-15-17(23)5-7-19(21)25(18)9-3-1-2-8-24-10-12-26-13-11-24/h4-7,14-15H,1-3,8-13H2. The number of benzene rings is 2. The fourth-order valence-corrected chi connectivity index (χ4v) is 4.36. The van der Waals surface area contributed by atoms with E-state index in [2.05, 4.69) is 65.9 Å². The Morgan fingerprint density at radius 3 is 2.00 bits per heavy atom. The third-order valence-electron chi connectivity index (χ3n) is 5.10. The highest BCUT2D eigenvalue weighted by Crippen LogP contribution is 2.48. The zero-order valence-electron chi connectivity index (χ0n) is 15.3. The predicted molar refractivity (Wildman–Crippen MR) is 116 cm³/mol. The zero-order valence-corrected chi connectivity index (χ0v) is 18.5. The van der Waals surface area contributed by atoms with Crippen LogP contribution in [-0.4, -0.2) is 44.3 Å². The molecule has 0 spiro atoms. The monoisotopic (exact) mass is 494 g/mol. The van der Waals surface area contributed by atoms with E-state index in [0.717, 1.165) is 71.1 Å². The topological polar surface area (TPSA) is 24.9 Å². The molecule has 1 fully saturated rings. The Morgan fingerprint density at radius 2 is 1.37 bits per heavy atom. The number of hydrogen-bond donors (Lipinski definition) is 0. The zero-order chi connectivity index (χ0) is 18.6. The molecule has 4 rings (SSSR count). The van der Waals surface area contributed by atoms with Crippen LogP contribution < -0.4 is 9.64 Å². The summed E-state index contributed by atoms with van der Waals surface area (Å²) in [6.07, 6.45) is 3.63. The summed E-state index contributed by atoms with van der Waals surface area (Å²) < 4.78 is 13.6. The maximum atomic E-state index is 6.16. The van der Waals surface area contributed by atoms with Gasteiger partial charge in [0.05, 0.1) is 24.6 Å². The van der Waals surface area contributed by atoms with Crippen LogP contribution in [0.5, 0.6) is 11.5 Å². The first-order chi connectivity index (χ1) is 13.2. The number of fused-ring (bicyclic) bond motifs is 2. The van der Waals surface area contributed by atoms with E-state index in [0.29, 0.717) is 0 Å². The van der Waals surface area contributed by atoms with Gasteiger partial charge in [0, 0.05) is 28.6 Å². The average Bonchev–Trinajstić information content (AvgIpc) is 2.67. The summed E-state index contributed by atoms with van der Waals surface area (Å²) in [6, 6.07) is 12.5. The molecule has 4 nitrogen and oxygen atoms in total. The van der Waals surface area contributed by atoms with Crippen molar-refractivity contribution in [3.63, 3.8) is 0 Å². The van der Waals surface area contributed by atoms with E-state index in [9.17, 15) is 0 Å². The van der Waals surface area contributed by atoms with E-state index in [1.165, 1.54) is 19.4 Å². The molecule has 0 aliphatic carbocycles. The average molecular weight is 496 g/mol. The largest absolute Gasteiger partial charge is 0.453 e. The fraction of sp³-hybridized carbons (Fsp3) is 0.429. The third kappa shape index (κ3) is 4.67. The molecular formula is C21H24Br2N2O2. The van der Waals surface area contributed by atoms with Crippen molar-refractivity contribution in [2.75, 3.05) is 44.3 Å². The number of morpholine rings is 1. The number of anilines is 2. The van der Waals surface area contributed by atoms with Crippen molar-refractivity contribution < 1.29 is 9.47 Å². The van der Waals surface area contributed by atoms with Gasteiger partial charge in [-0.05, 0) is 55.8 Å². The third-order valence-corrected chi connectivity index (χ3v) is 6.09. The van der Waals surface area contributed by atoms with Gasteiger partial charge in [-0.2, -0.15) is 0 Å². The smallest absolute Gasteiger partial charge is 0.152 e. The molecule has 6 heteroatoms. The lowest BCUT2D eigenvalue weighted by Gasteiger charge is -2.33. The van der Waals surface area contributed by atoms with Crippen LogP contribution in [0.3, 0.4) is 0 Å². The van der Waals surface area contributed by atoms with Gasteiger partial charge in [0.25, 0.3) is 0 Å². The summed E-state index contributed by atoms with van der Waals surface area (Å²) in [5.41, 5.74) is 2.28. The number of unbranched alkanes of at least 4 members (excludes halogenated alkanes) is 2. The minimum absolute atomic E-state index is 0.881. The van der Waals surface area contributed by atoms with Crippen LogP contribution >= 0.6 is 31.9 Å². The second kappa shape index (κ2) is 8.95. The minimum atomic E-state index is 0.881. The number of hydrogen-bond acceptors (Lipinski definition) is 4. The highest BCUT2D eigenvalue weighted by atomic mass is 79.9. The lowest BCUT2D eigenvalue weighted by atomic mass is 10.1. The van der Waals surface area contributed by atoms with Gasteiger partial charge < -0.3 is 14.4 Å². The van der Waals surface area contributed by atoms with Crippen molar-refractivity contribution in [3.05, 3.63) is 45.3 Å². The van der Waals surface area contributed by atoms with Crippen LogP contribution in [0.1, 0.15) is 19.3 Å². The molecule has 2 aromatic carbocycles. The predicted octanol–water partition coefficient (Wildman–Crippen LogP) is 5.96. The molecule has 144 valence electrons. The van der Waals surface area contributed by atoms with Crippen LogP contribution in [0.4, 0.5) is 11.4 Å². The van der Waals surface area contributed by atoms with Crippen molar-refractivity contribution in [1.29, 1.82) is 0 Å². The fourth-order valence-electron chi connectivity index (χ4n) is 3.68. The molecule has 0 amide bonds. The van der Waals surface area contributed by atoms with Crippen LogP contribution in [0.25, 0.3) is 0 Å². The number of ether oxygens (including phenoxy) is 2. The van der Waals surface area contributed by atoms with E-state index in [-0.39, 0.29) is 0 Å². The van der Waals surface area contributed by atoms with Crippen molar-refractivity contribution in [1.82, 2.24) is 4.90 Å². The van der Waals surface area contributed by atoms with E-state index < -0.39 is 0 Å². The molecule has 0 unspecified atom stereocenters. The first-order valence-electron chi connectivity index (χ1n) is 9.55. The molecule has 0 N–H and O–H groups in total. The normalized spacial score (nSPS) is 16.6. The maximum absolute atomic E-state index is 6.16. The Kier molecular flexibility index (Phi) is 6.38. The summed E-state index contributed by atoms with van der Waals surface area (Å²) >= 11 is 7.11. The van der Waals surface area contributed by atoms with Crippen LogP contribution in [-0.2, 0) is 4.74 Å². The van der Waals surface area contributed by atoms with Gasteiger partial charge in [-0.15, -0.1) is 0 Å². The van der Waals surface area contributed by atoms with Gasteiger partial charge in [0.15, 0.2) is 11.5 Å². The SMILES string of the molecule is Brc1ccc2c(c1)Oc1cc(Br)ccc1N2CCCCCN1CCOCC1. The first-order valence-corrected chi connectivity index (χ1v) is 11.1. The second-order valence-corrected chi connectivity index (χ2v) is 8.82. The second-order valence-electron chi connectivity index (χ2n) is 6.99. The molecule has 0 atom stereocenters. The molecule has 1 saturated heterocycles. The molecule has 27 heavy (non-hydrogen) atoms. The van der Waals surface area contributed by atoms with Gasteiger partial charge in [0.2, 0.25) is 0 Å². The summed E-state index contributed by atoms with van der Waals surface area (Å²) in [5.74, 6) is 1.81. The molecule has 2 aliphatic heterocycles. The molecule has 2 heterocycles. The lowest BCUT2D eigenvalue weighted by Crippen LogP contribution is -2.36. The minimum Gasteiger partial charge on any atom is -0.453 e. The first kappa shape index (κ1) is 19.2. The Morgan fingerprint density at radius 1 is 0.778 bits per heavy atom. The van der Waals surface area contributed by atoms with Crippen molar-refractivity contribution in [3.8, 4) is 11.5 Å². The Labute approximate surface area is 177 Å². The van der Waals surface area contributed by atoms with E-state index >= 15 is 0 Å². The molecule has 0 saturated carbocycles. The van der Waals surface area contributed by atoms with Crippen LogP contribution in [0.15, 0.2) is 45.3 Å². The van der Waals surface area contributed by atoms with E-state index in [1.54, 1.807) is 0 Å². The maximum Gasteiger partial charge on any atom is 0.152 e. The van der Waals surface area contributed by atoms with Crippen molar-refractivity contribution >= 4 is 43.2 Å². The highest BCUT2D eigenvalue weighted by molar-refractivity contribution is 9.10. The Bertz CT molecular complexity index is 742. The van der Waals surface area contributed by atoms with Crippen LogP contribution in [0, 0.1) is 0 Å². The van der Waals surface area contributed by atoms with E-state index in [4.69, 9.17) is 9.47 Å². The van der Waals surface area contributed by atoms with Gasteiger partial charge >= 0.3 is 0 Å². The molecule has 0 radical (unpaired) electrons. The van der Waals surface area contributed by atoms with E-state index in [1.807, 2.05) is 12.1 Å². The summed E-state index contributed by atoms with van der Waals surface area (Å²) in [7, 11) is 0. The number of nitrogens with zero attached hydrogens (tertiary/aromatic N) is 2. The Hall–Kier alpha value is -1.08. The number of halogens is 2. The van der Waals surface area contributed by atoms with Crippen molar-refractivity contribution in [2.45, 2.75) is 19.3 Å². The molecule has 0 aromatic heterocycles. The number of rotatable bonds is 6. The van der Waals surface area contributed by atoms with Crippen molar-refractivity contribution in [2.24, 2.45) is 0 Å². The van der Waals surface area contributed by atoms with Gasteiger partial charge in [-0.1, -0.05) is 38.3 Å². The highest BCUT2D eigenvalue weighted by Gasteiger charge is 2.24. The lowest BCUT2D eigenvalue weighted by molar-refractivity contribution is 0.0371. The molecule has 0 bridgehead atoms. The van der Waals surface area contributed by atoms with Crippen LogP contribution in [0.2, 0.25) is 0 Å². The molecule has 2 aromatic rings. The van der Waals surface area contributed by atoms with Gasteiger partial charge in [-0.3, -0.25) is 4.90 Å². The Balaban J connectivity index is 1.41. The van der Waals surface area contributed by atoms with Gasteiger partial charge in [-0.25, -0.2) is 0 Å². The molecular weight excluding hydrogens is 472 g/mol. The molecule has 2 aliphatic rings. The summed E-state index contributed by atoms with van der Waals surface area (Å²) in [6.45, 7) is 6.09.